The van der Waals surface area contributed by atoms with E-state index in [0.29, 0.717) is 27.6 Å². The number of aryl methyl sites for hydroxylation is 1. The summed E-state index contributed by atoms with van der Waals surface area (Å²) in [6.07, 6.45) is -1.30. The molecular weight excluding hydrogens is 453 g/mol. The quantitative estimate of drug-likeness (QED) is 0.419. The van der Waals surface area contributed by atoms with E-state index in [2.05, 4.69) is 5.32 Å². The first-order valence-electron chi connectivity index (χ1n) is 9.19. The maximum absolute atomic E-state index is 13.6. The van der Waals surface area contributed by atoms with Gasteiger partial charge in [-0.1, -0.05) is 11.6 Å². The molecule has 0 aliphatic heterocycles. The molecule has 3 aromatic rings. The van der Waals surface area contributed by atoms with Gasteiger partial charge in [0.2, 0.25) is 11.7 Å². The number of carbonyl (C=O) groups excluding carboxylic acids is 3. The number of amides is 2. The molecule has 32 heavy (non-hydrogen) atoms. The highest BCUT2D eigenvalue weighted by atomic mass is 35.5. The highest BCUT2D eigenvalue weighted by Gasteiger charge is 2.25. The molecule has 2 N–H and O–H groups in total. The molecule has 0 fully saturated rings. The van der Waals surface area contributed by atoms with Gasteiger partial charge in [-0.2, -0.15) is 0 Å². The van der Waals surface area contributed by atoms with E-state index in [-0.39, 0.29) is 5.76 Å². The number of esters is 1. The number of furan rings is 1. The van der Waals surface area contributed by atoms with Gasteiger partial charge in [0.1, 0.15) is 5.58 Å². The minimum absolute atomic E-state index is 0.103. The molecule has 1 unspecified atom stereocenters. The summed E-state index contributed by atoms with van der Waals surface area (Å²) in [7, 11) is 0. The smallest absolute Gasteiger partial charge is 0.375 e. The molecule has 7 nitrogen and oxygen atoms in total. The molecule has 0 saturated heterocycles. The van der Waals surface area contributed by atoms with Crippen molar-refractivity contribution in [3.63, 3.8) is 0 Å². The maximum Gasteiger partial charge on any atom is 0.375 e. The lowest BCUT2D eigenvalue weighted by Gasteiger charge is -2.13. The van der Waals surface area contributed by atoms with Gasteiger partial charge in [0, 0.05) is 16.0 Å². The van der Waals surface area contributed by atoms with Crippen molar-refractivity contribution < 1.29 is 36.7 Å². The molecule has 0 spiro atoms. The van der Waals surface area contributed by atoms with E-state index < -0.39 is 53.6 Å². The summed E-state index contributed by atoms with van der Waals surface area (Å²) in [4.78, 5) is 36.4. The Morgan fingerprint density at radius 1 is 1.12 bits per heavy atom. The normalized spacial score (nSPS) is 11.8. The standard InChI is InChI=1S/C21H16ClF3N2O5/c1-9-12-7-11(22)3-6-15(12)32-19(9)21(30)31-10(2)20(29)26-8-16(28)27-14-5-4-13(23)17(24)18(14)25/h3-7,10H,8H2,1-2H3,(H,26,29)(H,27,28). The van der Waals surface area contributed by atoms with E-state index in [0.717, 1.165) is 6.07 Å². The number of hydrogen-bond acceptors (Lipinski definition) is 5. The van der Waals surface area contributed by atoms with E-state index in [1.807, 2.05) is 5.32 Å². The number of benzene rings is 2. The molecule has 0 aliphatic rings. The first-order chi connectivity index (χ1) is 15.1. The molecule has 1 atom stereocenters. The van der Waals surface area contributed by atoms with Crippen LogP contribution in [0.3, 0.4) is 0 Å². The molecular formula is C21H16ClF3N2O5. The molecule has 11 heteroatoms. The van der Waals surface area contributed by atoms with Crippen molar-refractivity contribution in [1.82, 2.24) is 5.32 Å². The summed E-state index contributed by atoms with van der Waals surface area (Å²) in [5.74, 6) is -7.46. The second-order valence-electron chi connectivity index (χ2n) is 6.73. The monoisotopic (exact) mass is 468 g/mol. The van der Waals surface area contributed by atoms with E-state index in [1.54, 1.807) is 25.1 Å². The third-order valence-corrected chi connectivity index (χ3v) is 4.70. The second kappa shape index (κ2) is 9.31. The molecule has 1 aromatic heterocycles. The summed E-state index contributed by atoms with van der Waals surface area (Å²) >= 11 is 5.94. The average molecular weight is 469 g/mol. The number of nitrogens with one attached hydrogen (secondary N) is 2. The molecule has 3 rings (SSSR count). The molecule has 168 valence electrons. The third kappa shape index (κ3) is 4.86. The van der Waals surface area contributed by atoms with Gasteiger partial charge in [0.25, 0.3) is 5.91 Å². The minimum Gasteiger partial charge on any atom is -0.449 e. The molecule has 0 saturated carbocycles. The fourth-order valence-electron chi connectivity index (χ4n) is 2.78. The van der Waals surface area contributed by atoms with E-state index in [4.69, 9.17) is 20.8 Å². The van der Waals surface area contributed by atoms with Gasteiger partial charge in [-0.15, -0.1) is 0 Å². The third-order valence-electron chi connectivity index (χ3n) is 4.47. The van der Waals surface area contributed by atoms with Gasteiger partial charge < -0.3 is 19.8 Å². The van der Waals surface area contributed by atoms with E-state index in [1.165, 1.54) is 6.92 Å². The Kier molecular flexibility index (Phi) is 6.73. The zero-order chi connectivity index (χ0) is 23.6. The Balaban J connectivity index is 1.57. The number of ether oxygens (including phenoxy) is 1. The summed E-state index contributed by atoms with van der Waals surface area (Å²) in [5.41, 5.74) is 0.299. The van der Waals surface area contributed by atoms with Gasteiger partial charge >= 0.3 is 5.97 Å². The van der Waals surface area contributed by atoms with Crippen LogP contribution in [0.15, 0.2) is 34.7 Å². The van der Waals surface area contributed by atoms with Crippen LogP contribution < -0.4 is 10.6 Å². The summed E-state index contributed by atoms with van der Waals surface area (Å²) in [6.45, 7) is 2.27. The van der Waals surface area contributed by atoms with Crippen molar-refractivity contribution in [2.75, 3.05) is 11.9 Å². The van der Waals surface area contributed by atoms with Crippen LogP contribution in [0.5, 0.6) is 0 Å². The molecule has 2 amide bonds. The van der Waals surface area contributed by atoms with Crippen molar-refractivity contribution in [2.45, 2.75) is 20.0 Å². The van der Waals surface area contributed by atoms with Gasteiger partial charge in [0.15, 0.2) is 23.6 Å². The number of hydrogen-bond donors (Lipinski definition) is 2. The van der Waals surface area contributed by atoms with Crippen LogP contribution in [-0.2, 0) is 14.3 Å². The molecule has 2 aromatic carbocycles. The van der Waals surface area contributed by atoms with Gasteiger partial charge in [-0.25, -0.2) is 18.0 Å². The van der Waals surface area contributed by atoms with Gasteiger partial charge in [-0.3, -0.25) is 9.59 Å². The lowest BCUT2D eigenvalue weighted by Crippen LogP contribution is -2.40. The summed E-state index contributed by atoms with van der Waals surface area (Å²) in [6, 6.07) is 6.28. The predicted molar refractivity (Wildman–Crippen MR) is 109 cm³/mol. The minimum atomic E-state index is -1.74. The van der Waals surface area contributed by atoms with Gasteiger partial charge in [0.05, 0.1) is 12.2 Å². The Morgan fingerprint density at radius 2 is 1.84 bits per heavy atom. The van der Waals surface area contributed by atoms with Crippen LogP contribution in [0.2, 0.25) is 5.02 Å². The molecule has 0 bridgehead atoms. The second-order valence-corrected chi connectivity index (χ2v) is 7.17. The van der Waals surface area contributed by atoms with Crippen LogP contribution in [0.1, 0.15) is 23.0 Å². The van der Waals surface area contributed by atoms with Crippen molar-refractivity contribution in [3.8, 4) is 0 Å². The molecule has 0 radical (unpaired) electrons. The number of fused-ring (bicyclic) bond motifs is 1. The number of carbonyl (C=O) groups is 3. The van der Waals surface area contributed by atoms with E-state index in [9.17, 15) is 27.6 Å². The molecule has 0 aliphatic carbocycles. The van der Waals surface area contributed by atoms with Crippen molar-refractivity contribution in [3.05, 3.63) is 64.1 Å². The topological polar surface area (TPSA) is 97.6 Å². The lowest BCUT2D eigenvalue weighted by atomic mass is 10.1. The maximum atomic E-state index is 13.6. The first kappa shape index (κ1) is 23.1. The van der Waals surface area contributed by atoms with E-state index >= 15 is 0 Å². The Labute approximate surface area is 184 Å². The Bertz CT molecular complexity index is 1230. The fourth-order valence-corrected chi connectivity index (χ4v) is 2.96. The van der Waals surface area contributed by atoms with Crippen LogP contribution in [0, 0.1) is 24.4 Å². The SMILES string of the molecule is Cc1c(C(=O)OC(C)C(=O)NCC(=O)Nc2ccc(F)c(F)c2F)oc2ccc(Cl)cc12. The number of halogens is 4. The lowest BCUT2D eigenvalue weighted by molar-refractivity contribution is -0.130. The first-order valence-corrected chi connectivity index (χ1v) is 9.57. The largest absolute Gasteiger partial charge is 0.449 e. The van der Waals surface area contributed by atoms with Crippen LogP contribution in [0.4, 0.5) is 18.9 Å². The van der Waals surface area contributed by atoms with Crippen molar-refractivity contribution in [2.24, 2.45) is 0 Å². The number of rotatable bonds is 6. The fraction of sp³-hybridized carbons (Fsp3) is 0.190. The van der Waals surface area contributed by atoms with Crippen LogP contribution in [0.25, 0.3) is 11.0 Å². The van der Waals surface area contributed by atoms with Crippen molar-refractivity contribution in [1.29, 1.82) is 0 Å². The summed E-state index contributed by atoms with van der Waals surface area (Å²) in [5, 5.41) is 5.25. The Hall–Kier alpha value is -3.53. The van der Waals surface area contributed by atoms with Crippen LogP contribution in [-0.4, -0.2) is 30.4 Å². The average Bonchev–Trinajstić information content (AvgIpc) is 3.08. The predicted octanol–water partition coefficient (Wildman–Crippen LogP) is 4.11. The highest BCUT2D eigenvalue weighted by molar-refractivity contribution is 6.31. The Morgan fingerprint density at radius 3 is 2.56 bits per heavy atom. The van der Waals surface area contributed by atoms with Crippen molar-refractivity contribution >= 4 is 46.0 Å². The van der Waals surface area contributed by atoms with Crippen LogP contribution >= 0.6 is 11.6 Å². The summed E-state index contributed by atoms with van der Waals surface area (Å²) < 4.78 is 50.3. The zero-order valence-corrected chi connectivity index (χ0v) is 17.5. The number of anilines is 1. The molecule has 1 heterocycles. The van der Waals surface area contributed by atoms with Gasteiger partial charge in [-0.05, 0) is 44.2 Å². The zero-order valence-electron chi connectivity index (χ0n) is 16.7. The highest BCUT2D eigenvalue weighted by Crippen LogP contribution is 2.28.